The number of rotatable bonds is 5. The predicted octanol–water partition coefficient (Wildman–Crippen LogP) is 3.21. The maximum atomic E-state index is 11.8. The standard InChI is InChI=1S/C16H19NO4/c1-16(2,3)21-14(18)10-12(15(19)20)9-11-7-5-6-8-13(11)17-4/h5-8,12H,9-10H2,1-3H3,(H,19,20)/t12-/m1/s1. The number of nitrogens with zero attached hydrogens (tertiary/aromatic N) is 1. The molecule has 5 heteroatoms. The number of ether oxygens (including phenoxy) is 1. The molecule has 1 atom stereocenters. The van der Waals surface area contributed by atoms with Crippen LogP contribution >= 0.6 is 0 Å². The van der Waals surface area contributed by atoms with E-state index >= 15 is 0 Å². The van der Waals surface area contributed by atoms with E-state index < -0.39 is 23.5 Å². The van der Waals surface area contributed by atoms with Crippen molar-refractivity contribution < 1.29 is 19.4 Å². The van der Waals surface area contributed by atoms with Gasteiger partial charge in [0, 0.05) is 0 Å². The first-order valence-corrected chi connectivity index (χ1v) is 6.63. The molecule has 0 aliphatic heterocycles. The van der Waals surface area contributed by atoms with Crippen LogP contribution in [-0.4, -0.2) is 22.6 Å². The monoisotopic (exact) mass is 289 g/mol. The molecule has 0 unspecified atom stereocenters. The first kappa shape index (κ1) is 16.7. The fourth-order valence-electron chi connectivity index (χ4n) is 1.89. The van der Waals surface area contributed by atoms with Crippen LogP contribution in [0.5, 0.6) is 0 Å². The summed E-state index contributed by atoms with van der Waals surface area (Å²) in [7, 11) is 0. The Balaban J connectivity index is 2.82. The molecule has 0 saturated carbocycles. The lowest BCUT2D eigenvalue weighted by Gasteiger charge is -2.21. The zero-order valence-corrected chi connectivity index (χ0v) is 12.4. The Kier molecular flexibility index (Phi) is 5.48. The lowest BCUT2D eigenvalue weighted by Crippen LogP contribution is -2.28. The molecule has 0 heterocycles. The number of carbonyl (C=O) groups is 2. The molecule has 0 aliphatic carbocycles. The van der Waals surface area contributed by atoms with Crippen LogP contribution in [0.15, 0.2) is 24.3 Å². The summed E-state index contributed by atoms with van der Waals surface area (Å²) < 4.78 is 5.15. The Hall–Kier alpha value is -2.35. The maximum absolute atomic E-state index is 11.8. The molecule has 0 bridgehead atoms. The zero-order chi connectivity index (χ0) is 16.0. The number of carboxylic acid groups (broad SMARTS) is 1. The lowest BCUT2D eigenvalue weighted by atomic mass is 9.95. The Morgan fingerprint density at radius 1 is 1.33 bits per heavy atom. The highest BCUT2D eigenvalue weighted by molar-refractivity contribution is 5.79. The summed E-state index contributed by atoms with van der Waals surface area (Å²) in [5.74, 6) is -2.52. The molecule has 0 aliphatic rings. The minimum Gasteiger partial charge on any atom is -0.481 e. The van der Waals surface area contributed by atoms with Gasteiger partial charge in [-0.3, -0.25) is 9.59 Å². The van der Waals surface area contributed by atoms with E-state index in [-0.39, 0.29) is 12.8 Å². The van der Waals surface area contributed by atoms with E-state index in [0.717, 1.165) is 0 Å². The summed E-state index contributed by atoms with van der Waals surface area (Å²) in [6, 6.07) is 6.81. The van der Waals surface area contributed by atoms with Gasteiger partial charge in [0.15, 0.2) is 5.69 Å². The van der Waals surface area contributed by atoms with Crippen molar-refractivity contribution in [1.29, 1.82) is 0 Å². The quantitative estimate of drug-likeness (QED) is 0.667. The summed E-state index contributed by atoms with van der Waals surface area (Å²) in [6.45, 7) is 12.3. The first-order valence-electron chi connectivity index (χ1n) is 6.63. The van der Waals surface area contributed by atoms with E-state index in [4.69, 9.17) is 11.3 Å². The van der Waals surface area contributed by atoms with E-state index in [2.05, 4.69) is 4.85 Å². The Labute approximate surface area is 124 Å². The highest BCUT2D eigenvalue weighted by Crippen LogP contribution is 2.24. The van der Waals surface area contributed by atoms with Crippen molar-refractivity contribution in [2.75, 3.05) is 0 Å². The van der Waals surface area contributed by atoms with E-state index in [1.165, 1.54) is 0 Å². The summed E-state index contributed by atoms with van der Waals surface area (Å²) >= 11 is 0. The van der Waals surface area contributed by atoms with Crippen molar-refractivity contribution >= 4 is 17.6 Å². The summed E-state index contributed by atoms with van der Waals surface area (Å²) in [6.07, 6.45) is -0.0773. The van der Waals surface area contributed by atoms with Crippen molar-refractivity contribution in [3.05, 3.63) is 41.2 Å². The first-order chi connectivity index (χ1) is 9.73. The van der Waals surface area contributed by atoms with Crippen LogP contribution in [0.1, 0.15) is 32.8 Å². The van der Waals surface area contributed by atoms with Gasteiger partial charge in [-0.1, -0.05) is 24.3 Å². The summed E-state index contributed by atoms with van der Waals surface area (Å²) in [5.41, 5.74) is 0.394. The van der Waals surface area contributed by atoms with Gasteiger partial charge in [0.2, 0.25) is 0 Å². The van der Waals surface area contributed by atoms with Gasteiger partial charge >= 0.3 is 11.9 Å². The average molecular weight is 289 g/mol. The molecule has 5 nitrogen and oxygen atoms in total. The van der Waals surface area contributed by atoms with Gasteiger partial charge in [0.25, 0.3) is 0 Å². The second-order valence-corrected chi connectivity index (χ2v) is 5.77. The van der Waals surface area contributed by atoms with Gasteiger partial charge in [-0.15, -0.1) is 0 Å². The van der Waals surface area contributed by atoms with Crippen molar-refractivity contribution in [3.63, 3.8) is 0 Å². The van der Waals surface area contributed by atoms with E-state index in [1.54, 1.807) is 45.0 Å². The SMILES string of the molecule is [C-]#[N+]c1ccccc1C[C@H](CC(=O)OC(C)(C)C)C(=O)O. The van der Waals surface area contributed by atoms with Crippen LogP contribution in [0.4, 0.5) is 5.69 Å². The third-order valence-corrected chi connectivity index (χ3v) is 2.76. The molecule has 0 fully saturated rings. The van der Waals surface area contributed by atoms with Crippen LogP contribution in [0, 0.1) is 12.5 Å². The van der Waals surface area contributed by atoms with E-state index in [0.29, 0.717) is 11.3 Å². The third-order valence-electron chi connectivity index (χ3n) is 2.76. The molecule has 21 heavy (non-hydrogen) atoms. The maximum Gasteiger partial charge on any atom is 0.307 e. The van der Waals surface area contributed by atoms with Crippen LogP contribution in [0.3, 0.4) is 0 Å². The van der Waals surface area contributed by atoms with Crippen molar-refractivity contribution in [3.8, 4) is 0 Å². The number of esters is 1. The second-order valence-electron chi connectivity index (χ2n) is 5.77. The van der Waals surface area contributed by atoms with Crippen molar-refractivity contribution in [2.24, 2.45) is 5.92 Å². The van der Waals surface area contributed by atoms with Crippen LogP contribution < -0.4 is 0 Å². The Morgan fingerprint density at radius 2 is 1.95 bits per heavy atom. The Morgan fingerprint density at radius 3 is 2.48 bits per heavy atom. The third kappa shape index (κ3) is 5.65. The Bertz CT molecular complexity index is 566. The van der Waals surface area contributed by atoms with Crippen LogP contribution in [0.2, 0.25) is 0 Å². The molecule has 1 aromatic carbocycles. The molecule has 112 valence electrons. The fourth-order valence-corrected chi connectivity index (χ4v) is 1.89. The number of carboxylic acids is 1. The predicted molar refractivity (Wildman–Crippen MR) is 78.0 cm³/mol. The fraction of sp³-hybridized carbons (Fsp3) is 0.438. The smallest absolute Gasteiger partial charge is 0.307 e. The molecule has 1 rings (SSSR count). The highest BCUT2D eigenvalue weighted by atomic mass is 16.6. The average Bonchev–Trinajstić information content (AvgIpc) is 2.36. The second kappa shape index (κ2) is 6.89. The topological polar surface area (TPSA) is 68.0 Å². The van der Waals surface area contributed by atoms with Crippen LogP contribution in [0.25, 0.3) is 4.85 Å². The summed E-state index contributed by atoms with van der Waals surface area (Å²) in [5, 5.41) is 9.26. The van der Waals surface area contributed by atoms with Crippen molar-refractivity contribution in [1.82, 2.24) is 0 Å². The molecular weight excluding hydrogens is 270 g/mol. The van der Waals surface area contributed by atoms with Crippen molar-refractivity contribution in [2.45, 2.75) is 39.2 Å². The van der Waals surface area contributed by atoms with Gasteiger partial charge in [-0.05, 0) is 32.8 Å². The van der Waals surface area contributed by atoms with Gasteiger partial charge in [0.05, 0.1) is 18.9 Å². The number of hydrogen-bond donors (Lipinski definition) is 1. The minimum absolute atomic E-state index is 0.132. The zero-order valence-electron chi connectivity index (χ0n) is 12.4. The number of para-hydroxylation sites is 1. The molecule has 0 amide bonds. The normalized spacial score (nSPS) is 12.3. The molecule has 0 saturated heterocycles. The highest BCUT2D eigenvalue weighted by Gasteiger charge is 2.26. The molecular formula is C16H19NO4. The number of carbonyl (C=O) groups excluding carboxylic acids is 1. The number of aliphatic carboxylic acids is 1. The molecule has 0 radical (unpaired) electrons. The molecule has 0 spiro atoms. The number of benzene rings is 1. The van der Waals surface area contributed by atoms with Gasteiger partial charge < -0.3 is 9.84 Å². The summed E-state index contributed by atoms with van der Waals surface area (Å²) in [4.78, 5) is 26.5. The largest absolute Gasteiger partial charge is 0.481 e. The van der Waals surface area contributed by atoms with E-state index in [9.17, 15) is 14.7 Å². The van der Waals surface area contributed by atoms with Gasteiger partial charge in [0.1, 0.15) is 5.60 Å². The van der Waals surface area contributed by atoms with E-state index in [1.807, 2.05) is 0 Å². The lowest BCUT2D eigenvalue weighted by molar-refractivity contribution is -0.159. The molecule has 0 aromatic heterocycles. The minimum atomic E-state index is -1.07. The molecule has 1 aromatic rings. The molecule has 1 N–H and O–H groups in total. The van der Waals surface area contributed by atoms with Gasteiger partial charge in [-0.25, -0.2) is 4.85 Å². The van der Waals surface area contributed by atoms with Gasteiger partial charge in [-0.2, -0.15) is 0 Å². The number of hydrogen-bond acceptors (Lipinski definition) is 3. The van der Waals surface area contributed by atoms with Crippen LogP contribution in [-0.2, 0) is 20.7 Å².